The van der Waals surface area contributed by atoms with Gasteiger partial charge in [-0.3, -0.25) is 14.4 Å². The lowest BCUT2D eigenvalue weighted by Crippen LogP contribution is -3.11. The predicted octanol–water partition coefficient (Wildman–Crippen LogP) is 1.14. The second-order valence-corrected chi connectivity index (χ2v) is 9.30. The molecule has 29 heavy (non-hydrogen) atoms. The van der Waals surface area contributed by atoms with Crippen LogP contribution in [0.5, 0.6) is 0 Å². The van der Waals surface area contributed by atoms with Crippen molar-refractivity contribution in [3.05, 3.63) is 64.2 Å². The van der Waals surface area contributed by atoms with Crippen LogP contribution in [0.2, 0.25) is 0 Å². The van der Waals surface area contributed by atoms with Crippen LogP contribution in [0.1, 0.15) is 18.4 Å². The molecule has 1 fully saturated rings. The number of nitrogens with zero attached hydrogens (tertiary/aromatic N) is 2. The molecule has 1 aliphatic rings. The number of non-ortho nitro benzene ring substituents is 1. The van der Waals surface area contributed by atoms with Crippen molar-refractivity contribution >= 4 is 21.4 Å². The SMILES string of the molecule is Cc1ccc(S(=O)(=O)N(C[C@H](O)C[NH+]2CCCC2)c2cccc([N+](=O)[O-])c2)cc1. The van der Waals surface area contributed by atoms with E-state index >= 15 is 0 Å². The van der Waals surface area contributed by atoms with E-state index in [1.54, 1.807) is 12.1 Å². The molecule has 2 aromatic carbocycles. The van der Waals surface area contributed by atoms with Gasteiger partial charge in [-0.15, -0.1) is 0 Å². The molecule has 0 bridgehead atoms. The summed E-state index contributed by atoms with van der Waals surface area (Å²) in [7, 11) is -4.00. The number of rotatable bonds is 8. The maximum Gasteiger partial charge on any atom is 0.271 e. The zero-order chi connectivity index (χ0) is 21.0. The first kappa shape index (κ1) is 21.2. The zero-order valence-corrected chi connectivity index (χ0v) is 17.1. The number of nitro benzene ring substituents is 1. The summed E-state index contributed by atoms with van der Waals surface area (Å²) >= 11 is 0. The fourth-order valence-electron chi connectivity index (χ4n) is 3.61. The number of aliphatic hydroxyl groups excluding tert-OH is 1. The molecule has 0 spiro atoms. The van der Waals surface area contributed by atoms with Gasteiger partial charge in [-0.25, -0.2) is 8.42 Å². The number of benzene rings is 2. The van der Waals surface area contributed by atoms with Crippen molar-refractivity contribution in [1.82, 2.24) is 0 Å². The van der Waals surface area contributed by atoms with Gasteiger partial charge in [-0.05, 0) is 25.1 Å². The van der Waals surface area contributed by atoms with Gasteiger partial charge >= 0.3 is 0 Å². The Kier molecular flexibility index (Phi) is 6.51. The van der Waals surface area contributed by atoms with Crippen LogP contribution in [0.25, 0.3) is 0 Å². The van der Waals surface area contributed by atoms with E-state index in [9.17, 15) is 23.6 Å². The van der Waals surface area contributed by atoms with Crippen LogP contribution in [0.4, 0.5) is 11.4 Å². The molecule has 0 radical (unpaired) electrons. The van der Waals surface area contributed by atoms with Crippen molar-refractivity contribution in [2.75, 3.05) is 30.5 Å². The van der Waals surface area contributed by atoms with Crippen molar-refractivity contribution in [2.45, 2.75) is 30.8 Å². The number of nitro groups is 1. The summed E-state index contributed by atoms with van der Waals surface area (Å²) < 4.78 is 27.7. The Morgan fingerprint density at radius 1 is 1.17 bits per heavy atom. The lowest BCUT2D eigenvalue weighted by molar-refractivity contribution is -0.890. The van der Waals surface area contributed by atoms with Crippen LogP contribution in [-0.4, -0.2) is 50.7 Å². The van der Waals surface area contributed by atoms with Crippen LogP contribution < -0.4 is 9.21 Å². The minimum atomic E-state index is -4.00. The summed E-state index contributed by atoms with van der Waals surface area (Å²) in [6.07, 6.45) is 1.30. The van der Waals surface area contributed by atoms with Crippen LogP contribution in [0.3, 0.4) is 0 Å². The summed E-state index contributed by atoms with van der Waals surface area (Å²) in [5.41, 5.74) is 0.880. The molecule has 0 saturated carbocycles. The van der Waals surface area contributed by atoms with Crippen molar-refractivity contribution in [3.8, 4) is 0 Å². The maximum atomic E-state index is 13.3. The van der Waals surface area contributed by atoms with Gasteiger partial charge < -0.3 is 10.0 Å². The molecule has 0 amide bonds. The molecule has 0 unspecified atom stereocenters. The Hall–Kier alpha value is -2.49. The van der Waals surface area contributed by atoms with Gasteiger partial charge in [0.1, 0.15) is 12.6 Å². The topological polar surface area (TPSA) is 105 Å². The molecule has 156 valence electrons. The predicted molar refractivity (Wildman–Crippen MR) is 110 cm³/mol. The molecule has 1 atom stereocenters. The highest BCUT2D eigenvalue weighted by molar-refractivity contribution is 7.92. The van der Waals surface area contributed by atoms with Gasteiger partial charge in [0, 0.05) is 25.0 Å². The number of aliphatic hydroxyl groups is 1. The van der Waals surface area contributed by atoms with Gasteiger partial charge in [-0.2, -0.15) is 0 Å². The normalized spacial score (nSPS) is 15.9. The smallest absolute Gasteiger partial charge is 0.271 e. The Morgan fingerprint density at radius 2 is 1.83 bits per heavy atom. The van der Waals surface area contributed by atoms with Gasteiger partial charge in [-0.1, -0.05) is 23.8 Å². The lowest BCUT2D eigenvalue weighted by Gasteiger charge is -2.27. The Morgan fingerprint density at radius 3 is 2.45 bits per heavy atom. The first-order valence-corrected chi connectivity index (χ1v) is 11.1. The van der Waals surface area contributed by atoms with E-state index in [4.69, 9.17) is 0 Å². The molecule has 3 rings (SSSR count). The molecule has 2 N–H and O–H groups in total. The van der Waals surface area contributed by atoms with Crippen molar-refractivity contribution in [1.29, 1.82) is 0 Å². The molecular weight excluding hydrogens is 394 g/mol. The van der Waals surface area contributed by atoms with E-state index in [0.717, 1.165) is 35.8 Å². The number of nitrogens with one attached hydrogen (secondary N) is 1. The number of anilines is 1. The molecule has 1 saturated heterocycles. The molecule has 8 nitrogen and oxygen atoms in total. The number of aryl methyl sites for hydroxylation is 1. The minimum Gasteiger partial charge on any atom is -0.385 e. The zero-order valence-electron chi connectivity index (χ0n) is 16.3. The molecule has 0 aromatic heterocycles. The van der Waals surface area contributed by atoms with Crippen molar-refractivity contribution < 1.29 is 23.3 Å². The van der Waals surface area contributed by atoms with Gasteiger partial charge in [0.05, 0.1) is 35.1 Å². The van der Waals surface area contributed by atoms with Gasteiger partial charge in [0.2, 0.25) is 0 Å². The van der Waals surface area contributed by atoms with Crippen LogP contribution in [0.15, 0.2) is 53.4 Å². The third-order valence-electron chi connectivity index (χ3n) is 5.15. The highest BCUT2D eigenvalue weighted by atomic mass is 32.2. The largest absolute Gasteiger partial charge is 0.385 e. The van der Waals surface area contributed by atoms with E-state index in [2.05, 4.69) is 0 Å². The number of hydrogen-bond donors (Lipinski definition) is 2. The van der Waals surface area contributed by atoms with E-state index in [0.29, 0.717) is 6.54 Å². The number of quaternary nitrogens is 1. The summed E-state index contributed by atoms with van der Waals surface area (Å²) in [4.78, 5) is 11.9. The number of hydrogen-bond acceptors (Lipinski definition) is 5. The first-order chi connectivity index (χ1) is 13.8. The Bertz CT molecular complexity index is 956. The molecular formula is C20H26N3O5S+. The third kappa shape index (κ3) is 5.11. The number of sulfonamides is 1. The van der Waals surface area contributed by atoms with Crippen molar-refractivity contribution in [3.63, 3.8) is 0 Å². The quantitative estimate of drug-likeness (QED) is 0.492. The Labute approximate surface area is 170 Å². The summed E-state index contributed by atoms with van der Waals surface area (Å²) in [5, 5.41) is 21.8. The second-order valence-electron chi connectivity index (χ2n) is 7.44. The molecule has 0 aliphatic carbocycles. The summed E-state index contributed by atoms with van der Waals surface area (Å²) in [6.45, 7) is 4.05. The number of likely N-dealkylation sites (tertiary alicyclic amines) is 1. The average Bonchev–Trinajstić information content (AvgIpc) is 3.19. The highest BCUT2D eigenvalue weighted by Gasteiger charge is 2.30. The molecule has 1 heterocycles. The second kappa shape index (κ2) is 8.89. The first-order valence-electron chi connectivity index (χ1n) is 9.63. The van der Waals surface area contributed by atoms with Gasteiger partial charge in [0.15, 0.2) is 0 Å². The fourth-order valence-corrected chi connectivity index (χ4v) is 5.10. The Balaban J connectivity index is 1.95. The minimum absolute atomic E-state index is 0.0790. The fraction of sp³-hybridized carbons (Fsp3) is 0.400. The van der Waals surface area contributed by atoms with E-state index in [1.165, 1.54) is 41.3 Å². The lowest BCUT2D eigenvalue weighted by atomic mass is 10.2. The van der Waals surface area contributed by atoms with Crippen LogP contribution in [0, 0.1) is 17.0 Å². The monoisotopic (exact) mass is 420 g/mol. The van der Waals surface area contributed by atoms with Crippen LogP contribution in [-0.2, 0) is 10.0 Å². The molecule has 2 aromatic rings. The summed E-state index contributed by atoms with van der Waals surface area (Å²) in [6, 6.07) is 11.9. The summed E-state index contributed by atoms with van der Waals surface area (Å²) in [5.74, 6) is 0. The standard InChI is InChI=1S/C20H25N3O5S/c1-16-7-9-20(10-8-16)29(27,28)22(15-19(24)14-21-11-2-3-12-21)17-5-4-6-18(13-17)23(25)26/h4-10,13,19,24H,2-3,11-12,14-15H2,1H3/p+1/t19-/m1/s1. The van der Waals surface area contributed by atoms with E-state index in [-0.39, 0.29) is 22.8 Å². The van der Waals surface area contributed by atoms with E-state index in [1.807, 2.05) is 6.92 Å². The maximum absolute atomic E-state index is 13.3. The van der Waals surface area contributed by atoms with E-state index < -0.39 is 21.1 Å². The van der Waals surface area contributed by atoms with Crippen molar-refractivity contribution in [2.24, 2.45) is 0 Å². The average molecular weight is 421 g/mol. The van der Waals surface area contributed by atoms with Gasteiger partial charge in [0.25, 0.3) is 15.7 Å². The third-order valence-corrected chi connectivity index (χ3v) is 6.96. The molecule has 1 aliphatic heterocycles. The molecule has 9 heteroatoms. The van der Waals surface area contributed by atoms with Crippen LogP contribution >= 0.6 is 0 Å². The highest BCUT2D eigenvalue weighted by Crippen LogP contribution is 2.27.